The minimum atomic E-state index is -0.871. The second-order valence-corrected chi connectivity index (χ2v) is 5.51. The molecule has 0 fully saturated rings. The van der Waals surface area contributed by atoms with Gasteiger partial charge in [-0.25, -0.2) is 4.68 Å². The van der Waals surface area contributed by atoms with Crippen LogP contribution < -0.4 is 10.1 Å². The molecule has 1 aromatic carbocycles. The molecule has 0 aliphatic heterocycles. The maximum absolute atomic E-state index is 12.4. The van der Waals surface area contributed by atoms with Crippen LogP contribution in [0.15, 0.2) is 47.2 Å². The Labute approximate surface area is 144 Å². The number of aliphatic hydroxyl groups excluding tert-OH is 1. The molecule has 1 amide bonds. The predicted octanol–water partition coefficient (Wildman–Crippen LogP) is 2.17. The second kappa shape index (κ2) is 7.18. The number of carbonyl (C=O) groups is 1. The summed E-state index contributed by atoms with van der Waals surface area (Å²) in [6.45, 7) is 2.04. The highest BCUT2D eigenvalue weighted by Crippen LogP contribution is 2.25. The number of hydrogen-bond donors (Lipinski definition) is 2. The Balaban J connectivity index is 1.70. The number of methoxy groups -OCH3 is 1. The molecule has 0 saturated heterocycles. The van der Waals surface area contributed by atoms with Gasteiger partial charge in [0.2, 0.25) is 0 Å². The van der Waals surface area contributed by atoms with Crippen LogP contribution in [0.25, 0.3) is 0 Å². The fourth-order valence-electron chi connectivity index (χ4n) is 2.35. The van der Waals surface area contributed by atoms with Crippen LogP contribution in [0.1, 0.15) is 27.9 Å². The van der Waals surface area contributed by atoms with Crippen molar-refractivity contribution in [3.8, 4) is 5.75 Å². The summed E-state index contributed by atoms with van der Waals surface area (Å²) >= 11 is 0. The van der Waals surface area contributed by atoms with Gasteiger partial charge in [-0.1, -0.05) is 11.3 Å². The highest BCUT2D eigenvalue weighted by Gasteiger charge is 2.16. The number of amides is 1. The molecule has 8 heteroatoms. The number of nitrogens with one attached hydrogen (secondary N) is 1. The van der Waals surface area contributed by atoms with E-state index in [9.17, 15) is 9.90 Å². The topological polar surface area (TPSA) is 102 Å². The van der Waals surface area contributed by atoms with Crippen LogP contribution in [0.2, 0.25) is 0 Å². The van der Waals surface area contributed by atoms with Gasteiger partial charge in [-0.15, -0.1) is 5.10 Å². The fraction of sp³-hybridized carbons (Fsp3) is 0.235. The van der Waals surface area contributed by atoms with Crippen molar-refractivity contribution in [2.45, 2.75) is 19.6 Å². The predicted molar refractivity (Wildman–Crippen MR) is 89.4 cm³/mol. The zero-order valence-corrected chi connectivity index (χ0v) is 13.8. The standard InChI is InChI=1S/C17H18N4O4/c1-11-5-6-15(24-2)12(8-11)18-17(23)13-9-21(20-19-13)10-14(22)16-4-3-7-25-16/h3-9,14,22H,10H2,1-2H3,(H,18,23)/t14-/m1/s1. The van der Waals surface area contributed by atoms with Gasteiger partial charge in [-0.2, -0.15) is 0 Å². The summed E-state index contributed by atoms with van der Waals surface area (Å²) in [5.41, 5.74) is 1.68. The molecule has 2 N–H and O–H groups in total. The van der Waals surface area contributed by atoms with Gasteiger partial charge in [-0.05, 0) is 36.8 Å². The number of ether oxygens (including phenoxy) is 1. The van der Waals surface area contributed by atoms with E-state index in [-0.39, 0.29) is 12.2 Å². The summed E-state index contributed by atoms with van der Waals surface area (Å²) in [6, 6.07) is 8.83. The van der Waals surface area contributed by atoms with E-state index in [2.05, 4.69) is 15.6 Å². The first-order valence-electron chi connectivity index (χ1n) is 7.64. The first kappa shape index (κ1) is 16.7. The Morgan fingerprint density at radius 3 is 3.00 bits per heavy atom. The summed E-state index contributed by atoms with van der Waals surface area (Å²) in [6.07, 6.45) is 2.07. The highest BCUT2D eigenvalue weighted by atomic mass is 16.5. The largest absolute Gasteiger partial charge is 0.495 e. The Morgan fingerprint density at radius 2 is 2.28 bits per heavy atom. The van der Waals surface area contributed by atoms with E-state index in [1.807, 2.05) is 19.1 Å². The van der Waals surface area contributed by atoms with Crippen molar-refractivity contribution in [2.75, 3.05) is 12.4 Å². The van der Waals surface area contributed by atoms with Gasteiger partial charge >= 0.3 is 0 Å². The number of aliphatic hydroxyl groups is 1. The SMILES string of the molecule is COc1ccc(C)cc1NC(=O)c1cn(C[C@@H](O)c2ccco2)nn1. The average Bonchev–Trinajstić information content (AvgIpc) is 3.27. The van der Waals surface area contributed by atoms with Crippen LogP contribution in [-0.4, -0.2) is 33.1 Å². The molecule has 25 heavy (non-hydrogen) atoms. The molecular formula is C17H18N4O4. The van der Waals surface area contributed by atoms with Gasteiger partial charge in [-0.3, -0.25) is 4.79 Å². The third-order valence-corrected chi connectivity index (χ3v) is 3.61. The number of carbonyl (C=O) groups excluding carboxylic acids is 1. The van der Waals surface area contributed by atoms with E-state index >= 15 is 0 Å². The van der Waals surface area contributed by atoms with Gasteiger partial charge in [0.25, 0.3) is 5.91 Å². The number of aromatic nitrogens is 3. The first-order valence-corrected chi connectivity index (χ1v) is 7.64. The van der Waals surface area contributed by atoms with Crippen molar-refractivity contribution in [1.82, 2.24) is 15.0 Å². The van der Waals surface area contributed by atoms with E-state index in [0.29, 0.717) is 17.2 Å². The third-order valence-electron chi connectivity index (χ3n) is 3.61. The molecule has 1 atom stereocenters. The zero-order valence-electron chi connectivity index (χ0n) is 13.8. The van der Waals surface area contributed by atoms with Crippen molar-refractivity contribution in [3.63, 3.8) is 0 Å². The average molecular weight is 342 g/mol. The van der Waals surface area contributed by atoms with Crippen LogP contribution in [0.4, 0.5) is 5.69 Å². The fourth-order valence-corrected chi connectivity index (χ4v) is 2.35. The van der Waals surface area contributed by atoms with E-state index < -0.39 is 12.0 Å². The number of aryl methyl sites for hydroxylation is 1. The van der Waals surface area contributed by atoms with Gasteiger partial charge in [0.05, 0.1) is 31.8 Å². The molecule has 8 nitrogen and oxygen atoms in total. The van der Waals surface area contributed by atoms with Gasteiger partial charge in [0, 0.05) is 0 Å². The number of anilines is 1. The van der Waals surface area contributed by atoms with Crippen molar-refractivity contribution in [3.05, 3.63) is 59.8 Å². The molecule has 0 bridgehead atoms. The first-order chi connectivity index (χ1) is 12.1. The normalized spacial score (nSPS) is 12.0. The van der Waals surface area contributed by atoms with Crippen molar-refractivity contribution < 1.29 is 19.1 Å². The van der Waals surface area contributed by atoms with Crippen LogP contribution in [0.5, 0.6) is 5.75 Å². The number of benzene rings is 1. The van der Waals surface area contributed by atoms with Crippen LogP contribution in [-0.2, 0) is 6.54 Å². The minimum Gasteiger partial charge on any atom is -0.495 e. The molecule has 0 spiro atoms. The zero-order chi connectivity index (χ0) is 17.8. The van der Waals surface area contributed by atoms with Crippen LogP contribution >= 0.6 is 0 Å². The molecule has 0 aliphatic carbocycles. The summed E-state index contributed by atoms with van der Waals surface area (Å²) < 4.78 is 11.8. The molecule has 2 heterocycles. The van der Waals surface area contributed by atoms with Crippen LogP contribution in [0.3, 0.4) is 0 Å². The molecule has 0 saturated carbocycles. The maximum atomic E-state index is 12.4. The molecule has 130 valence electrons. The lowest BCUT2D eigenvalue weighted by molar-refractivity contribution is 0.102. The van der Waals surface area contributed by atoms with E-state index in [1.165, 1.54) is 24.3 Å². The maximum Gasteiger partial charge on any atom is 0.277 e. The molecule has 2 aromatic heterocycles. The quantitative estimate of drug-likeness (QED) is 0.712. The summed E-state index contributed by atoms with van der Waals surface area (Å²) in [4.78, 5) is 12.4. The Kier molecular flexibility index (Phi) is 4.80. The van der Waals surface area contributed by atoms with E-state index in [1.54, 1.807) is 18.2 Å². The van der Waals surface area contributed by atoms with Gasteiger partial charge in [0.15, 0.2) is 5.69 Å². The summed E-state index contributed by atoms with van der Waals surface area (Å²) in [5.74, 6) is 0.563. The molecular weight excluding hydrogens is 324 g/mol. The number of rotatable bonds is 6. The molecule has 3 aromatic rings. The lowest BCUT2D eigenvalue weighted by Gasteiger charge is -2.09. The van der Waals surface area contributed by atoms with Crippen molar-refractivity contribution in [2.24, 2.45) is 0 Å². The number of furan rings is 1. The van der Waals surface area contributed by atoms with E-state index in [0.717, 1.165) is 5.56 Å². The molecule has 0 unspecified atom stereocenters. The monoisotopic (exact) mass is 342 g/mol. The Morgan fingerprint density at radius 1 is 1.44 bits per heavy atom. The third kappa shape index (κ3) is 3.86. The summed E-state index contributed by atoms with van der Waals surface area (Å²) in [7, 11) is 1.53. The van der Waals surface area contributed by atoms with Crippen LogP contribution in [0, 0.1) is 6.92 Å². The number of hydrogen-bond acceptors (Lipinski definition) is 6. The van der Waals surface area contributed by atoms with Gasteiger partial charge < -0.3 is 19.6 Å². The Hall–Kier alpha value is -3.13. The van der Waals surface area contributed by atoms with Gasteiger partial charge in [0.1, 0.15) is 17.6 Å². The lowest BCUT2D eigenvalue weighted by atomic mass is 10.2. The highest BCUT2D eigenvalue weighted by molar-refractivity contribution is 6.03. The van der Waals surface area contributed by atoms with Crippen molar-refractivity contribution >= 4 is 11.6 Å². The minimum absolute atomic E-state index is 0.127. The summed E-state index contributed by atoms with van der Waals surface area (Å²) in [5, 5.41) is 20.5. The van der Waals surface area contributed by atoms with Crippen molar-refractivity contribution in [1.29, 1.82) is 0 Å². The lowest BCUT2D eigenvalue weighted by Crippen LogP contribution is -2.13. The van der Waals surface area contributed by atoms with E-state index in [4.69, 9.17) is 9.15 Å². The smallest absolute Gasteiger partial charge is 0.277 e. The second-order valence-electron chi connectivity index (χ2n) is 5.51. The number of nitrogens with zero attached hydrogens (tertiary/aromatic N) is 3. The Bertz CT molecular complexity index is 857. The molecule has 3 rings (SSSR count). The molecule has 0 aliphatic rings. The molecule has 0 radical (unpaired) electrons.